The predicted octanol–water partition coefficient (Wildman–Crippen LogP) is 3.34. The molecule has 1 aromatic carbocycles. The van der Waals surface area contributed by atoms with Crippen LogP contribution in [0.3, 0.4) is 0 Å². The van der Waals surface area contributed by atoms with Crippen molar-refractivity contribution >= 4 is 33.2 Å². The fraction of sp³-hybridized carbons (Fsp3) is 0.500. The van der Waals surface area contributed by atoms with E-state index in [1.807, 2.05) is 20.8 Å². The number of rotatable bonds is 5. The average Bonchev–Trinajstić information content (AvgIpc) is 3.53. The van der Waals surface area contributed by atoms with Crippen LogP contribution in [0.5, 0.6) is 0 Å². The van der Waals surface area contributed by atoms with Gasteiger partial charge in [-0.2, -0.15) is 0 Å². The van der Waals surface area contributed by atoms with E-state index in [2.05, 4.69) is 9.62 Å². The van der Waals surface area contributed by atoms with Crippen molar-refractivity contribution in [1.29, 1.82) is 0 Å². The van der Waals surface area contributed by atoms with Crippen molar-refractivity contribution < 1.29 is 26.8 Å². The number of nitrogens with one attached hydrogen (secondary N) is 1. The van der Waals surface area contributed by atoms with Gasteiger partial charge in [0.25, 0.3) is 15.9 Å². The van der Waals surface area contributed by atoms with Gasteiger partial charge in [0.1, 0.15) is 21.9 Å². The third-order valence-corrected chi connectivity index (χ3v) is 9.53. The second-order valence-corrected chi connectivity index (χ2v) is 12.9. The minimum absolute atomic E-state index is 0.0187. The van der Waals surface area contributed by atoms with Gasteiger partial charge in [-0.15, -0.1) is 11.3 Å². The molecule has 2 aromatic rings. The van der Waals surface area contributed by atoms with Gasteiger partial charge in [-0.05, 0) is 56.7 Å². The van der Waals surface area contributed by atoms with E-state index in [1.165, 1.54) is 23.1 Å². The summed E-state index contributed by atoms with van der Waals surface area (Å²) in [5.74, 6) is -3.65. The highest BCUT2D eigenvalue weighted by Gasteiger charge is 2.47. The van der Waals surface area contributed by atoms with Crippen LogP contribution in [-0.4, -0.2) is 61.2 Å². The molecule has 3 atom stereocenters. The van der Waals surface area contributed by atoms with Gasteiger partial charge in [-0.1, -0.05) is 12.1 Å². The van der Waals surface area contributed by atoms with Crippen molar-refractivity contribution in [2.24, 2.45) is 5.92 Å². The van der Waals surface area contributed by atoms with E-state index < -0.39 is 45.4 Å². The molecule has 1 N–H and O–H groups in total. The first-order valence-corrected chi connectivity index (χ1v) is 13.9. The lowest BCUT2D eigenvalue weighted by molar-refractivity contribution is -0.141. The number of benzene rings is 1. The number of nitrogens with zero attached hydrogens (tertiary/aromatic N) is 2. The summed E-state index contributed by atoms with van der Waals surface area (Å²) in [7, 11) is -4.03. The molecule has 2 aliphatic heterocycles. The molecule has 2 aliphatic rings. The number of likely N-dealkylation sites (tertiary alicyclic amines) is 2. The minimum Gasteiger partial charge on any atom is -0.330 e. The Morgan fingerprint density at radius 1 is 1.14 bits per heavy atom. The van der Waals surface area contributed by atoms with Crippen LogP contribution < -0.4 is 4.72 Å². The van der Waals surface area contributed by atoms with Gasteiger partial charge in [-0.3, -0.25) is 14.5 Å². The summed E-state index contributed by atoms with van der Waals surface area (Å²) in [5.41, 5.74) is -0.0302. The highest BCUT2D eigenvalue weighted by Crippen LogP contribution is 2.39. The first-order valence-electron chi connectivity index (χ1n) is 11.5. The van der Waals surface area contributed by atoms with Crippen LogP contribution in [0.1, 0.15) is 45.1 Å². The highest BCUT2D eigenvalue weighted by atomic mass is 32.2. The summed E-state index contributed by atoms with van der Waals surface area (Å²) >= 11 is 0.994. The Kier molecular flexibility index (Phi) is 7.05. The first-order chi connectivity index (χ1) is 16.4. The average molecular weight is 526 g/mol. The Morgan fingerprint density at radius 2 is 1.89 bits per heavy atom. The zero-order valence-electron chi connectivity index (χ0n) is 19.8. The van der Waals surface area contributed by atoms with Gasteiger partial charge in [0.2, 0.25) is 5.91 Å². The van der Waals surface area contributed by atoms with Crippen molar-refractivity contribution in [3.8, 4) is 0 Å². The van der Waals surface area contributed by atoms with Crippen molar-refractivity contribution in [1.82, 2.24) is 14.5 Å². The van der Waals surface area contributed by atoms with Gasteiger partial charge < -0.3 is 4.90 Å². The standard InChI is InChI=1S/C24H29F2N3O4S2/c1-24(2,3)28-13-17(16-9-8-15(25)12-19(16)26)18(14-28)23(31)29-10-4-6-20(29)22(30)27-35(32,33)21-7-5-11-34-21/h5,7-9,11-12,17-18,20H,4,6,10,13-14H2,1-3H3,(H,27,30)/t17-,18+,20-/m0/s1. The number of amides is 2. The molecule has 35 heavy (non-hydrogen) atoms. The number of halogens is 2. The zero-order chi connectivity index (χ0) is 25.5. The molecule has 0 spiro atoms. The maximum absolute atomic E-state index is 14.8. The normalized spacial score (nSPS) is 23.6. The molecule has 0 aliphatic carbocycles. The van der Waals surface area contributed by atoms with E-state index in [-0.39, 0.29) is 21.2 Å². The molecule has 2 fully saturated rings. The summed E-state index contributed by atoms with van der Waals surface area (Å²) in [5, 5.41) is 1.60. The SMILES string of the molecule is CC(C)(C)N1C[C@@H](C(=O)N2CCC[C@H]2C(=O)NS(=O)(=O)c2cccs2)[C@H](c2ccc(F)cc2F)C1. The molecular formula is C24H29F2N3O4S2. The van der Waals surface area contributed by atoms with Crippen molar-refractivity contribution in [3.05, 3.63) is 52.9 Å². The Morgan fingerprint density at radius 3 is 2.51 bits per heavy atom. The summed E-state index contributed by atoms with van der Waals surface area (Å²) in [6, 6.07) is 5.42. The van der Waals surface area contributed by atoms with E-state index in [0.717, 1.165) is 17.4 Å². The molecular weight excluding hydrogens is 496 g/mol. The van der Waals surface area contributed by atoms with Crippen LogP contribution in [0.4, 0.5) is 8.78 Å². The lowest BCUT2D eigenvalue weighted by Gasteiger charge is -2.32. The van der Waals surface area contributed by atoms with Crippen molar-refractivity contribution in [2.45, 2.75) is 55.3 Å². The molecule has 0 bridgehead atoms. The Labute approximate surface area is 208 Å². The fourth-order valence-electron chi connectivity index (χ4n) is 4.90. The Balaban J connectivity index is 1.59. The molecule has 2 amide bonds. The highest BCUT2D eigenvalue weighted by molar-refractivity contribution is 7.92. The summed E-state index contributed by atoms with van der Waals surface area (Å²) < 4.78 is 55.5. The van der Waals surface area contributed by atoms with Gasteiger partial charge in [0, 0.05) is 37.2 Å². The van der Waals surface area contributed by atoms with Crippen molar-refractivity contribution in [3.63, 3.8) is 0 Å². The monoisotopic (exact) mass is 525 g/mol. The minimum atomic E-state index is -4.03. The van der Waals surface area contributed by atoms with Crippen LogP contribution in [-0.2, 0) is 19.6 Å². The van der Waals surface area contributed by atoms with E-state index in [1.54, 1.807) is 11.4 Å². The van der Waals surface area contributed by atoms with Crippen LogP contribution in [0.25, 0.3) is 0 Å². The maximum Gasteiger partial charge on any atom is 0.273 e. The third kappa shape index (κ3) is 5.26. The topological polar surface area (TPSA) is 86.8 Å². The van der Waals surface area contributed by atoms with Crippen LogP contribution in [0.15, 0.2) is 39.9 Å². The summed E-state index contributed by atoms with van der Waals surface area (Å²) in [4.78, 5) is 30.2. The van der Waals surface area contributed by atoms with E-state index in [9.17, 15) is 26.8 Å². The first kappa shape index (κ1) is 25.7. The molecule has 7 nitrogen and oxygen atoms in total. The van der Waals surface area contributed by atoms with Crippen LogP contribution >= 0.6 is 11.3 Å². The van der Waals surface area contributed by atoms with Crippen LogP contribution in [0, 0.1) is 17.6 Å². The summed E-state index contributed by atoms with van der Waals surface area (Å²) in [6.45, 7) is 7.06. The molecule has 11 heteroatoms. The third-order valence-electron chi connectivity index (χ3n) is 6.78. The van der Waals surface area contributed by atoms with Gasteiger partial charge in [-0.25, -0.2) is 21.9 Å². The Hall–Kier alpha value is -2.37. The quantitative estimate of drug-likeness (QED) is 0.647. The second-order valence-electron chi connectivity index (χ2n) is 10.0. The van der Waals surface area contributed by atoms with E-state index in [4.69, 9.17) is 0 Å². The molecule has 0 saturated carbocycles. The van der Waals surface area contributed by atoms with Gasteiger partial charge >= 0.3 is 0 Å². The predicted molar refractivity (Wildman–Crippen MR) is 128 cm³/mol. The summed E-state index contributed by atoms with van der Waals surface area (Å²) in [6.07, 6.45) is 0.886. The van der Waals surface area contributed by atoms with Gasteiger partial charge in [0.05, 0.1) is 5.92 Å². The zero-order valence-corrected chi connectivity index (χ0v) is 21.5. The molecule has 0 radical (unpaired) electrons. The van der Waals surface area contributed by atoms with Gasteiger partial charge in [0.15, 0.2) is 0 Å². The van der Waals surface area contributed by atoms with E-state index in [0.29, 0.717) is 32.5 Å². The smallest absolute Gasteiger partial charge is 0.273 e. The Bertz CT molecular complexity index is 1210. The number of carbonyl (C=O) groups excluding carboxylic acids is 2. The lowest BCUT2D eigenvalue weighted by atomic mass is 9.87. The molecule has 190 valence electrons. The molecule has 4 rings (SSSR count). The number of carbonyl (C=O) groups is 2. The van der Waals surface area contributed by atoms with Crippen molar-refractivity contribution in [2.75, 3.05) is 19.6 Å². The molecule has 2 saturated heterocycles. The van der Waals surface area contributed by atoms with E-state index >= 15 is 0 Å². The second kappa shape index (κ2) is 9.59. The fourth-order valence-corrected chi connectivity index (χ4v) is 6.91. The van der Waals surface area contributed by atoms with Crippen LogP contribution in [0.2, 0.25) is 0 Å². The largest absolute Gasteiger partial charge is 0.330 e. The number of sulfonamides is 1. The molecule has 3 heterocycles. The lowest BCUT2D eigenvalue weighted by Crippen LogP contribution is -2.50. The molecule has 0 unspecified atom stereocenters. The number of hydrogen-bond acceptors (Lipinski definition) is 6. The number of thiophene rings is 1. The molecule has 1 aromatic heterocycles. The number of hydrogen-bond donors (Lipinski definition) is 1. The maximum atomic E-state index is 14.8.